The van der Waals surface area contributed by atoms with E-state index in [0.717, 1.165) is 42.4 Å². The van der Waals surface area contributed by atoms with Gasteiger partial charge in [0, 0.05) is 42.9 Å². The molecule has 5 heteroatoms. The normalized spacial score (nSPS) is 22.5. The van der Waals surface area contributed by atoms with Gasteiger partial charge in [-0.05, 0) is 49.4 Å². The van der Waals surface area contributed by atoms with Crippen LogP contribution in [0.5, 0.6) is 0 Å². The van der Waals surface area contributed by atoms with E-state index >= 15 is 0 Å². The van der Waals surface area contributed by atoms with Crippen LogP contribution < -0.4 is 15.5 Å². The van der Waals surface area contributed by atoms with Crippen LogP contribution >= 0.6 is 15.9 Å². The Kier molecular flexibility index (Phi) is 4.68. The molecule has 2 fully saturated rings. The second-order valence-electron chi connectivity index (χ2n) is 5.95. The molecule has 4 nitrogen and oxygen atoms in total. The van der Waals surface area contributed by atoms with Crippen molar-refractivity contribution in [2.75, 3.05) is 31.6 Å². The van der Waals surface area contributed by atoms with Crippen LogP contribution in [0.4, 0.5) is 5.69 Å². The van der Waals surface area contributed by atoms with Gasteiger partial charge >= 0.3 is 0 Å². The predicted octanol–water partition coefficient (Wildman–Crippen LogP) is 2.60. The average molecular weight is 351 g/mol. The summed E-state index contributed by atoms with van der Waals surface area (Å²) < 4.78 is 1.13. The molecule has 1 aromatic rings. The zero-order valence-electron chi connectivity index (χ0n) is 12.5. The van der Waals surface area contributed by atoms with Gasteiger partial charge in [-0.1, -0.05) is 15.9 Å². The summed E-state index contributed by atoms with van der Waals surface area (Å²) in [5.74, 6) is 1.82. The molecule has 1 atom stereocenters. The number of nitrogens with zero attached hydrogens (tertiary/aromatic N) is 2. The lowest BCUT2D eigenvalue weighted by atomic mass is 10.2. The van der Waals surface area contributed by atoms with Crippen molar-refractivity contribution in [3.63, 3.8) is 0 Å². The van der Waals surface area contributed by atoms with E-state index in [9.17, 15) is 0 Å². The van der Waals surface area contributed by atoms with Gasteiger partial charge in [0.15, 0.2) is 5.96 Å². The fraction of sp³-hybridized carbons (Fsp3) is 0.562. The van der Waals surface area contributed by atoms with Gasteiger partial charge in [-0.25, -0.2) is 0 Å². The molecule has 0 aromatic heterocycles. The summed E-state index contributed by atoms with van der Waals surface area (Å²) in [7, 11) is 1.85. The first kappa shape index (κ1) is 14.7. The Balaban J connectivity index is 1.50. The molecule has 0 bridgehead atoms. The summed E-state index contributed by atoms with van der Waals surface area (Å²) in [6, 6.07) is 9.02. The van der Waals surface area contributed by atoms with E-state index in [2.05, 4.69) is 60.7 Å². The molecule has 1 heterocycles. The molecular formula is C16H23BrN4. The first-order valence-electron chi connectivity index (χ1n) is 7.72. The number of aliphatic imine (C=N–C) groups is 1. The summed E-state index contributed by atoms with van der Waals surface area (Å²) in [6.45, 7) is 3.19. The summed E-state index contributed by atoms with van der Waals surface area (Å²) in [4.78, 5) is 6.76. The van der Waals surface area contributed by atoms with Crippen LogP contribution in [0.3, 0.4) is 0 Å². The Morgan fingerprint density at radius 3 is 2.71 bits per heavy atom. The highest BCUT2D eigenvalue weighted by Crippen LogP contribution is 2.27. The monoisotopic (exact) mass is 350 g/mol. The molecule has 1 aromatic carbocycles. The number of guanidine groups is 1. The Hall–Kier alpha value is -1.23. The first-order valence-corrected chi connectivity index (χ1v) is 8.51. The fourth-order valence-electron chi connectivity index (χ4n) is 2.72. The third-order valence-corrected chi connectivity index (χ3v) is 4.73. The Labute approximate surface area is 135 Å². The van der Waals surface area contributed by atoms with E-state index in [0.29, 0.717) is 6.04 Å². The SMILES string of the molecule is CN=C(NCC1CC1)NC1CCN(c2ccc(Br)cc2)C1. The van der Waals surface area contributed by atoms with E-state index < -0.39 is 0 Å². The molecule has 1 unspecified atom stereocenters. The Bertz CT molecular complexity index is 496. The number of halogens is 1. The van der Waals surface area contributed by atoms with Crippen molar-refractivity contribution in [2.24, 2.45) is 10.9 Å². The third kappa shape index (κ3) is 4.13. The van der Waals surface area contributed by atoms with Crippen molar-refractivity contribution in [3.8, 4) is 0 Å². The largest absolute Gasteiger partial charge is 0.369 e. The summed E-state index contributed by atoms with van der Waals surface area (Å²) in [6.07, 6.45) is 3.88. The van der Waals surface area contributed by atoms with Crippen molar-refractivity contribution in [1.82, 2.24) is 10.6 Å². The molecule has 1 saturated carbocycles. The maximum atomic E-state index is 4.33. The van der Waals surface area contributed by atoms with E-state index in [1.54, 1.807) is 0 Å². The molecule has 1 saturated heterocycles. The second-order valence-corrected chi connectivity index (χ2v) is 6.86. The number of rotatable bonds is 4. The van der Waals surface area contributed by atoms with Crippen LogP contribution in [-0.4, -0.2) is 38.7 Å². The van der Waals surface area contributed by atoms with Crippen LogP contribution in [0.15, 0.2) is 33.7 Å². The number of nitrogens with one attached hydrogen (secondary N) is 2. The molecule has 0 amide bonds. The van der Waals surface area contributed by atoms with Gasteiger partial charge in [0.25, 0.3) is 0 Å². The van der Waals surface area contributed by atoms with Gasteiger partial charge in [-0.3, -0.25) is 4.99 Å². The maximum Gasteiger partial charge on any atom is 0.191 e. The second kappa shape index (κ2) is 6.69. The van der Waals surface area contributed by atoms with E-state index in [1.807, 2.05) is 7.05 Å². The molecule has 1 aliphatic heterocycles. The zero-order valence-corrected chi connectivity index (χ0v) is 14.1. The fourth-order valence-corrected chi connectivity index (χ4v) is 2.98. The minimum atomic E-state index is 0.471. The standard InChI is InChI=1S/C16H23BrN4/c1-18-16(19-10-12-2-3-12)20-14-8-9-21(11-14)15-6-4-13(17)5-7-15/h4-7,12,14H,2-3,8-11H2,1H3,(H2,18,19,20). The van der Waals surface area contributed by atoms with Crippen LogP contribution in [0.1, 0.15) is 19.3 Å². The lowest BCUT2D eigenvalue weighted by Crippen LogP contribution is -2.45. The number of benzene rings is 1. The summed E-state index contributed by atoms with van der Waals surface area (Å²) >= 11 is 3.49. The molecule has 114 valence electrons. The highest BCUT2D eigenvalue weighted by atomic mass is 79.9. The average Bonchev–Trinajstić information content (AvgIpc) is 3.22. The van der Waals surface area contributed by atoms with E-state index in [4.69, 9.17) is 0 Å². The lowest BCUT2D eigenvalue weighted by Gasteiger charge is -2.20. The van der Waals surface area contributed by atoms with Gasteiger partial charge in [0.05, 0.1) is 0 Å². The van der Waals surface area contributed by atoms with Crippen LogP contribution in [0, 0.1) is 5.92 Å². The highest BCUT2D eigenvalue weighted by Gasteiger charge is 2.25. The zero-order chi connectivity index (χ0) is 14.7. The van der Waals surface area contributed by atoms with Gasteiger partial charge in [0.2, 0.25) is 0 Å². The van der Waals surface area contributed by atoms with Crippen LogP contribution in [0.2, 0.25) is 0 Å². The minimum absolute atomic E-state index is 0.471. The predicted molar refractivity (Wildman–Crippen MR) is 92.0 cm³/mol. The van der Waals surface area contributed by atoms with Gasteiger partial charge in [-0.15, -0.1) is 0 Å². The molecule has 2 N–H and O–H groups in total. The minimum Gasteiger partial charge on any atom is -0.369 e. The summed E-state index contributed by atoms with van der Waals surface area (Å²) in [5, 5.41) is 6.98. The first-order chi connectivity index (χ1) is 10.2. The van der Waals surface area contributed by atoms with Gasteiger partial charge in [0.1, 0.15) is 0 Å². The van der Waals surface area contributed by atoms with Crippen LogP contribution in [-0.2, 0) is 0 Å². The van der Waals surface area contributed by atoms with Crippen molar-refractivity contribution >= 4 is 27.6 Å². The lowest BCUT2D eigenvalue weighted by molar-refractivity contribution is 0.641. The van der Waals surface area contributed by atoms with Crippen molar-refractivity contribution < 1.29 is 0 Å². The van der Waals surface area contributed by atoms with Gasteiger partial charge in [-0.2, -0.15) is 0 Å². The number of hydrogen-bond acceptors (Lipinski definition) is 2. The topological polar surface area (TPSA) is 39.7 Å². The highest BCUT2D eigenvalue weighted by molar-refractivity contribution is 9.10. The number of anilines is 1. The smallest absolute Gasteiger partial charge is 0.191 e. The Morgan fingerprint density at radius 1 is 1.29 bits per heavy atom. The molecule has 2 aliphatic rings. The molecule has 3 rings (SSSR count). The number of hydrogen-bond donors (Lipinski definition) is 2. The molecule has 0 radical (unpaired) electrons. The molecule has 21 heavy (non-hydrogen) atoms. The van der Waals surface area contributed by atoms with Crippen molar-refractivity contribution in [2.45, 2.75) is 25.3 Å². The molecule has 0 spiro atoms. The van der Waals surface area contributed by atoms with Crippen LogP contribution in [0.25, 0.3) is 0 Å². The van der Waals surface area contributed by atoms with Gasteiger partial charge < -0.3 is 15.5 Å². The maximum absolute atomic E-state index is 4.33. The quantitative estimate of drug-likeness (QED) is 0.647. The van der Waals surface area contributed by atoms with E-state index in [1.165, 1.54) is 18.5 Å². The van der Waals surface area contributed by atoms with Crippen molar-refractivity contribution in [1.29, 1.82) is 0 Å². The third-order valence-electron chi connectivity index (χ3n) is 4.20. The molecular weight excluding hydrogens is 328 g/mol. The molecule has 1 aliphatic carbocycles. The Morgan fingerprint density at radius 2 is 2.05 bits per heavy atom. The van der Waals surface area contributed by atoms with Crippen molar-refractivity contribution in [3.05, 3.63) is 28.7 Å². The summed E-state index contributed by atoms with van der Waals surface area (Å²) in [5.41, 5.74) is 1.29. The van der Waals surface area contributed by atoms with E-state index in [-0.39, 0.29) is 0 Å².